The maximum absolute atomic E-state index is 12.3. The van der Waals surface area contributed by atoms with Crippen molar-refractivity contribution < 1.29 is 4.39 Å². The van der Waals surface area contributed by atoms with Gasteiger partial charge in [0.15, 0.2) is 0 Å². The van der Waals surface area contributed by atoms with Gasteiger partial charge in [-0.1, -0.05) is 0 Å². The summed E-state index contributed by atoms with van der Waals surface area (Å²) in [5, 5.41) is 3.72. The van der Waals surface area contributed by atoms with Crippen LogP contribution in [0.2, 0.25) is 0 Å². The Morgan fingerprint density at radius 3 is 2.56 bits per heavy atom. The highest BCUT2D eigenvalue weighted by molar-refractivity contribution is 5.06. The van der Waals surface area contributed by atoms with Crippen LogP contribution in [0.5, 0.6) is 0 Å². The number of nitrogens with one attached hydrogen (secondary N) is 1. The summed E-state index contributed by atoms with van der Waals surface area (Å²) < 4.78 is 12.3. The molecule has 2 rings (SSSR count). The van der Waals surface area contributed by atoms with E-state index in [4.69, 9.17) is 0 Å². The molecule has 2 nitrogen and oxygen atoms in total. The Morgan fingerprint density at radius 2 is 2.00 bits per heavy atom. The van der Waals surface area contributed by atoms with Crippen molar-refractivity contribution in [3.63, 3.8) is 0 Å². The highest BCUT2D eigenvalue weighted by atomic mass is 19.1. The van der Waals surface area contributed by atoms with Crippen LogP contribution in [0.3, 0.4) is 0 Å². The molecule has 0 bridgehead atoms. The first-order valence-corrected chi connectivity index (χ1v) is 6.54. The molecule has 1 aliphatic heterocycles. The summed E-state index contributed by atoms with van der Waals surface area (Å²) in [4.78, 5) is 2.47. The minimum atomic E-state index is -0.194. The quantitative estimate of drug-likeness (QED) is 0.793. The molecule has 0 aromatic heterocycles. The van der Waals surface area contributed by atoms with Gasteiger partial charge in [0, 0.05) is 30.7 Å². The predicted molar refractivity (Wildman–Crippen MR) is 65.4 cm³/mol. The Balaban J connectivity index is 2.00. The van der Waals surface area contributed by atoms with Gasteiger partial charge in [-0.05, 0) is 46.0 Å². The van der Waals surface area contributed by atoms with Gasteiger partial charge in [0.2, 0.25) is 0 Å². The summed E-state index contributed by atoms with van der Waals surface area (Å²) in [6.45, 7) is 9.64. The van der Waals surface area contributed by atoms with E-state index >= 15 is 0 Å². The molecule has 1 heterocycles. The molecular formula is C13H25FN2. The van der Waals surface area contributed by atoms with Gasteiger partial charge in [-0.2, -0.15) is 0 Å². The summed E-state index contributed by atoms with van der Waals surface area (Å²) in [6, 6.07) is 0. The van der Waals surface area contributed by atoms with Crippen molar-refractivity contribution in [3.8, 4) is 0 Å². The molecule has 16 heavy (non-hydrogen) atoms. The second kappa shape index (κ2) is 4.26. The van der Waals surface area contributed by atoms with Crippen LogP contribution < -0.4 is 5.32 Å². The first-order valence-electron chi connectivity index (χ1n) is 6.54. The number of piperazine rings is 1. The van der Waals surface area contributed by atoms with E-state index in [-0.39, 0.29) is 17.8 Å². The standard InChI is InChI=1S/C13H25FN2/c1-12(2)9-15-13(3,11-5-6-11)10-16(12)8-4-7-14/h11,15H,4-10H2,1-3H3. The second-order valence-corrected chi connectivity index (χ2v) is 6.32. The number of alkyl halides is 1. The third kappa shape index (κ3) is 2.40. The van der Waals surface area contributed by atoms with Crippen LogP contribution in [0.25, 0.3) is 0 Å². The van der Waals surface area contributed by atoms with Gasteiger partial charge < -0.3 is 5.32 Å². The molecule has 94 valence electrons. The van der Waals surface area contributed by atoms with Crippen molar-refractivity contribution >= 4 is 0 Å². The zero-order valence-corrected chi connectivity index (χ0v) is 10.9. The maximum atomic E-state index is 12.3. The minimum Gasteiger partial charge on any atom is -0.308 e. The molecule has 0 aromatic rings. The van der Waals surface area contributed by atoms with E-state index in [1.54, 1.807) is 0 Å². The number of rotatable bonds is 4. The molecular weight excluding hydrogens is 203 g/mol. The highest BCUT2D eigenvalue weighted by Gasteiger charge is 2.47. The lowest BCUT2D eigenvalue weighted by atomic mass is 9.86. The fourth-order valence-electron chi connectivity index (χ4n) is 2.82. The maximum Gasteiger partial charge on any atom is 0.0906 e. The lowest BCUT2D eigenvalue weighted by Crippen LogP contribution is -2.68. The van der Waals surface area contributed by atoms with Crippen LogP contribution in [0.1, 0.15) is 40.0 Å². The third-order valence-electron chi connectivity index (χ3n) is 4.34. The lowest BCUT2D eigenvalue weighted by molar-refractivity contribution is 0.0224. The Bertz CT molecular complexity index is 250. The van der Waals surface area contributed by atoms with Crippen molar-refractivity contribution in [2.75, 3.05) is 26.3 Å². The van der Waals surface area contributed by atoms with E-state index in [0.717, 1.165) is 25.6 Å². The van der Waals surface area contributed by atoms with E-state index in [0.29, 0.717) is 6.42 Å². The van der Waals surface area contributed by atoms with E-state index in [2.05, 4.69) is 31.0 Å². The number of hydrogen-bond acceptors (Lipinski definition) is 2. The number of halogens is 1. The molecule has 1 unspecified atom stereocenters. The van der Waals surface area contributed by atoms with Crippen molar-refractivity contribution in [2.45, 2.75) is 51.1 Å². The van der Waals surface area contributed by atoms with Gasteiger partial charge in [-0.15, -0.1) is 0 Å². The molecule has 2 fully saturated rings. The number of hydrogen-bond donors (Lipinski definition) is 1. The third-order valence-corrected chi connectivity index (χ3v) is 4.34. The molecule has 3 heteroatoms. The molecule has 1 atom stereocenters. The van der Waals surface area contributed by atoms with Gasteiger partial charge in [0.25, 0.3) is 0 Å². The van der Waals surface area contributed by atoms with Gasteiger partial charge in [0.05, 0.1) is 6.67 Å². The summed E-state index contributed by atoms with van der Waals surface area (Å²) >= 11 is 0. The van der Waals surface area contributed by atoms with Crippen molar-refractivity contribution in [3.05, 3.63) is 0 Å². The first-order chi connectivity index (χ1) is 7.48. The van der Waals surface area contributed by atoms with E-state index in [1.165, 1.54) is 12.8 Å². The monoisotopic (exact) mass is 228 g/mol. The van der Waals surface area contributed by atoms with Crippen LogP contribution in [-0.4, -0.2) is 42.3 Å². The fourth-order valence-corrected chi connectivity index (χ4v) is 2.82. The first kappa shape index (κ1) is 12.3. The van der Waals surface area contributed by atoms with Gasteiger partial charge in [-0.3, -0.25) is 9.29 Å². The van der Waals surface area contributed by atoms with Crippen LogP contribution in [0.15, 0.2) is 0 Å². The molecule has 0 amide bonds. The molecule has 0 aromatic carbocycles. The average Bonchev–Trinajstić information content (AvgIpc) is 3.04. The molecule has 0 spiro atoms. The fraction of sp³-hybridized carbons (Fsp3) is 1.00. The van der Waals surface area contributed by atoms with Crippen LogP contribution >= 0.6 is 0 Å². The van der Waals surface area contributed by atoms with E-state index in [1.807, 2.05) is 0 Å². The zero-order chi connectivity index (χ0) is 11.8. The SMILES string of the molecule is CC1(C2CC2)CN(CCCF)C(C)(C)CN1. The van der Waals surface area contributed by atoms with Crippen molar-refractivity contribution in [1.82, 2.24) is 10.2 Å². The molecule has 1 N–H and O–H groups in total. The molecule has 2 aliphatic rings. The largest absolute Gasteiger partial charge is 0.308 e. The molecule has 1 saturated heterocycles. The molecule has 1 aliphatic carbocycles. The van der Waals surface area contributed by atoms with Crippen LogP contribution in [-0.2, 0) is 0 Å². The number of nitrogens with zero attached hydrogens (tertiary/aromatic N) is 1. The summed E-state index contributed by atoms with van der Waals surface area (Å²) in [7, 11) is 0. The summed E-state index contributed by atoms with van der Waals surface area (Å²) in [6.07, 6.45) is 3.39. The Morgan fingerprint density at radius 1 is 1.31 bits per heavy atom. The predicted octanol–water partition coefficient (Wildman–Crippen LogP) is 2.20. The summed E-state index contributed by atoms with van der Waals surface area (Å²) in [5.74, 6) is 0.844. The second-order valence-electron chi connectivity index (χ2n) is 6.32. The van der Waals surface area contributed by atoms with Crippen molar-refractivity contribution in [1.29, 1.82) is 0 Å². The van der Waals surface area contributed by atoms with Crippen LogP contribution in [0.4, 0.5) is 4.39 Å². The van der Waals surface area contributed by atoms with Gasteiger partial charge in [0.1, 0.15) is 0 Å². The molecule has 0 radical (unpaired) electrons. The normalized spacial score (nSPS) is 35.2. The molecule has 1 saturated carbocycles. The Kier molecular flexibility index (Phi) is 3.28. The van der Waals surface area contributed by atoms with Crippen LogP contribution in [0, 0.1) is 5.92 Å². The topological polar surface area (TPSA) is 15.3 Å². The van der Waals surface area contributed by atoms with Crippen molar-refractivity contribution in [2.24, 2.45) is 5.92 Å². The average molecular weight is 228 g/mol. The Hall–Kier alpha value is -0.150. The van der Waals surface area contributed by atoms with E-state index < -0.39 is 0 Å². The lowest BCUT2D eigenvalue weighted by Gasteiger charge is -2.51. The van der Waals surface area contributed by atoms with Gasteiger partial charge in [-0.25, -0.2) is 0 Å². The van der Waals surface area contributed by atoms with Gasteiger partial charge >= 0.3 is 0 Å². The minimum absolute atomic E-state index is 0.170. The van der Waals surface area contributed by atoms with E-state index in [9.17, 15) is 4.39 Å². The Labute approximate surface area is 98.6 Å². The highest BCUT2D eigenvalue weighted by Crippen LogP contribution is 2.42. The zero-order valence-electron chi connectivity index (χ0n) is 10.9. The summed E-state index contributed by atoms with van der Waals surface area (Å²) in [5.41, 5.74) is 0.440. The smallest absolute Gasteiger partial charge is 0.0906 e.